The van der Waals surface area contributed by atoms with E-state index in [2.05, 4.69) is 16.6 Å². The number of pyridine rings is 1. The van der Waals surface area contributed by atoms with Gasteiger partial charge in [-0.2, -0.15) is 0 Å². The van der Waals surface area contributed by atoms with Crippen LogP contribution < -0.4 is 14.9 Å². The maximum absolute atomic E-state index is 13.3. The molecule has 3 aromatic rings. The summed E-state index contributed by atoms with van der Waals surface area (Å²) in [7, 11) is 0. The molecule has 3 aromatic heterocycles. The van der Waals surface area contributed by atoms with Crippen molar-refractivity contribution in [1.82, 2.24) is 9.55 Å². The zero-order valence-electron chi connectivity index (χ0n) is 15.6. The summed E-state index contributed by atoms with van der Waals surface area (Å²) in [6.07, 6.45) is 6.67. The molecule has 29 heavy (non-hydrogen) atoms. The highest BCUT2D eigenvalue weighted by molar-refractivity contribution is 7.10. The fourth-order valence-corrected chi connectivity index (χ4v) is 4.99. The summed E-state index contributed by atoms with van der Waals surface area (Å²) in [5.41, 5.74) is 1.55. The van der Waals surface area contributed by atoms with Gasteiger partial charge in [0, 0.05) is 17.3 Å². The predicted molar refractivity (Wildman–Crippen MR) is 113 cm³/mol. The summed E-state index contributed by atoms with van der Waals surface area (Å²) >= 11 is 2.78. The van der Waals surface area contributed by atoms with Gasteiger partial charge in [0.1, 0.15) is 12.6 Å². The van der Waals surface area contributed by atoms with Crippen LogP contribution in [0.15, 0.2) is 75.8 Å². The van der Waals surface area contributed by atoms with Gasteiger partial charge in [-0.3, -0.25) is 14.3 Å². The van der Waals surface area contributed by atoms with E-state index in [4.69, 9.17) is 4.74 Å². The molecule has 1 aliphatic rings. The van der Waals surface area contributed by atoms with Crippen molar-refractivity contribution in [2.45, 2.75) is 13.0 Å². The molecule has 0 saturated carbocycles. The molecular formula is C21H17N3O3S2. The number of allylic oxidation sites excluding steroid dienone is 1. The molecule has 0 amide bonds. The van der Waals surface area contributed by atoms with Gasteiger partial charge in [0.2, 0.25) is 0 Å². The summed E-state index contributed by atoms with van der Waals surface area (Å²) in [4.78, 5) is 36.1. The third kappa shape index (κ3) is 3.64. The lowest BCUT2D eigenvalue weighted by atomic mass is 10.0. The number of fused-ring (bicyclic) bond motifs is 1. The molecule has 0 saturated heterocycles. The number of rotatable bonds is 5. The number of nitrogens with zero attached hydrogens (tertiary/aromatic N) is 3. The Bertz CT molecular complexity index is 1270. The van der Waals surface area contributed by atoms with Crippen LogP contribution in [0.5, 0.6) is 0 Å². The minimum atomic E-state index is -0.570. The minimum absolute atomic E-state index is 0.0954. The molecular weight excluding hydrogens is 406 g/mol. The number of aromatic nitrogens is 2. The van der Waals surface area contributed by atoms with Crippen molar-refractivity contribution in [2.75, 3.05) is 6.61 Å². The molecule has 6 nitrogen and oxygen atoms in total. The first kappa shape index (κ1) is 19.2. The Balaban J connectivity index is 1.92. The zero-order chi connectivity index (χ0) is 20.4. The van der Waals surface area contributed by atoms with E-state index < -0.39 is 12.0 Å². The van der Waals surface area contributed by atoms with Crippen LogP contribution in [0.4, 0.5) is 0 Å². The molecule has 8 heteroatoms. The highest BCUT2D eigenvalue weighted by Crippen LogP contribution is 2.33. The van der Waals surface area contributed by atoms with Crippen molar-refractivity contribution in [3.63, 3.8) is 0 Å². The van der Waals surface area contributed by atoms with Gasteiger partial charge in [0.15, 0.2) is 4.80 Å². The molecule has 1 aliphatic heterocycles. The van der Waals surface area contributed by atoms with Crippen LogP contribution in [0, 0.1) is 0 Å². The summed E-state index contributed by atoms with van der Waals surface area (Å²) in [6.45, 7) is 5.44. The molecule has 0 bridgehead atoms. The van der Waals surface area contributed by atoms with E-state index in [0.29, 0.717) is 20.6 Å². The second-order valence-electron chi connectivity index (χ2n) is 6.27. The van der Waals surface area contributed by atoms with Crippen LogP contribution in [-0.2, 0) is 9.53 Å². The number of thiazole rings is 1. The maximum Gasteiger partial charge on any atom is 0.338 e. The number of hydrogen-bond acceptors (Lipinski definition) is 7. The van der Waals surface area contributed by atoms with Crippen LogP contribution in [0.25, 0.3) is 6.08 Å². The van der Waals surface area contributed by atoms with E-state index in [1.807, 2.05) is 29.6 Å². The topological polar surface area (TPSA) is 73.6 Å². The summed E-state index contributed by atoms with van der Waals surface area (Å²) in [5, 5.41) is 1.92. The Labute approximate surface area is 174 Å². The average Bonchev–Trinajstić information content (AvgIpc) is 3.35. The van der Waals surface area contributed by atoms with Crippen molar-refractivity contribution in [2.24, 2.45) is 4.99 Å². The van der Waals surface area contributed by atoms with Crippen molar-refractivity contribution in [3.05, 3.63) is 96.1 Å². The van der Waals surface area contributed by atoms with Crippen molar-refractivity contribution in [3.8, 4) is 0 Å². The first-order valence-corrected chi connectivity index (χ1v) is 10.5. The zero-order valence-corrected chi connectivity index (χ0v) is 17.2. The number of ether oxygens (including phenoxy) is 1. The standard InChI is InChI=1S/C21H17N3O3S2/c1-3-9-27-20(26)17-13(2)23-21-24(18(17)15-7-5-10-28-15)19(25)16(29-21)11-14-6-4-8-22-12-14/h3-8,10-12,18H,1,9H2,2H3/b16-11+/t18-/m0/s1. The number of carbonyl (C=O) groups is 1. The summed E-state index contributed by atoms with van der Waals surface area (Å²) < 4.78 is 7.40. The van der Waals surface area contributed by atoms with Gasteiger partial charge in [-0.15, -0.1) is 11.3 Å². The Hall–Kier alpha value is -3.10. The quantitative estimate of drug-likeness (QED) is 0.467. The fourth-order valence-electron chi connectivity index (χ4n) is 3.12. The number of carbonyl (C=O) groups excluding carboxylic acids is 1. The second-order valence-corrected chi connectivity index (χ2v) is 8.26. The molecule has 0 fully saturated rings. The van der Waals surface area contributed by atoms with Gasteiger partial charge in [0.25, 0.3) is 5.56 Å². The van der Waals surface area contributed by atoms with Crippen LogP contribution in [0.2, 0.25) is 0 Å². The molecule has 0 spiro atoms. The smallest absolute Gasteiger partial charge is 0.338 e. The Kier molecular flexibility index (Phi) is 5.37. The average molecular weight is 424 g/mol. The van der Waals surface area contributed by atoms with Gasteiger partial charge in [-0.1, -0.05) is 36.1 Å². The van der Waals surface area contributed by atoms with E-state index in [1.54, 1.807) is 30.0 Å². The molecule has 0 aliphatic carbocycles. The monoisotopic (exact) mass is 423 g/mol. The van der Waals surface area contributed by atoms with E-state index in [-0.39, 0.29) is 12.2 Å². The third-order valence-electron chi connectivity index (χ3n) is 4.37. The lowest BCUT2D eigenvalue weighted by Crippen LogP contribution is -2.39. The fraction of sp³-hybridized carbons (Fsp3) is 0.143. The maximum atomic E-state index is 13.3. The van der Waals surface area contributed by atoms with Crippen LogP contribution >= 0.6 is 22.7 Å². The van der Waals surface area contributed by atoms with Gasteiger partial charge in [0.05, 0.1) is 15.8 Å². The third-order valence-corrected chi connectivity index (χ3v) is 6.28. The van der Waals surface area contributed by atoms with E-state index in [1.165, 1.54) is 28.7 Å². The Morgan fingerprint density at radius 2 is 2.24 bits per heavy atom. The number of thiophene rings is 1. The molecule has 4 heterocycles. The highest BCUT2D eigenvalue weighted by atomic mass is 32.1. The lowest BCUT2D eigenvalue weighted by Gasteiger charge is -2.23. The minimum Gasteiger partial charge on any atom is -0.458 e. The number of esters is 1. The van der Waals surface area contributed by atoms with Crippen molar-refractivity contribution >= 4 is 34.7 Å². The normalized spacial score (nSPS) is 16.3. The molecule has 146 valence electrons. The SMILES string of the molecule is C=CCOC(=O)C1=C(C)N=c2s/c(=C/c3cccnc3)c(=O)n2[C@H]1c1cccs1. The van der Waals surface area contributed by atoms with Gasteiger partial charge >= 0.3 is 5.97 Å². The van der Waals surface area contributed by atoms with E-state index in [9.17, 15) is 9.59 Å². The lowest BCUT2D eigenvalue weighted by molar-refractivity contribution is -0.138. The van der Waals surface area contributed by atoms with Crippen LogP contribution in [-0.4, -0.2) is 22.1 Å². The molecule has 4 rings (SSSR count). The van der Waals surface area contributed by atoms with Crippen LogP contribution in [0.3, 0.4) is 0 Å². The first-order valence-electron chi connectivity index (χ1n) is 8.84. The van der Waals surface area contributed by atoms with Gasteiger partial charge < -0.3 is 4.74 Å². The van der Waals surface area contributed by atoms with Gasteiger partial charge in [-0.25, -0.2) is 9.79 Å². The molecule has 0 aromatic carbocycles. The van der Waals surface area contributed by atoms with E-state index in [0.717, 1.165) is 10.4 Å². The molecule has 0 unspecified atom stereocenters. The van der Waals surface area contributed by atoms with Crippen molar-refractivity contribution in [1.29, 1.82) is 0 Å². The molecule has 0 radical (unpaired) electrons. The predicted octanol–water partition coefficient (Wildman–Crippen LogP) is 2.42. The van der Waals surface area contributed by atoms with Crippen molar-refractivity contribution < 1.29 is 9.53 Å². The van der Waals surface area contributed by atoms with Gasteiger partial charge in [-0.05, 0) is 36.1 Å². The number of hydrogen-bond donors (Lipinski definition) is 0. The van der Waals surface area contributed by atoms with E-state index >= 15 is 0 Å². The molecule has 0 N–H and O–H groups in total. The molecule has 1 atom stereocenters. The second kappa shape index (κ2) is 8.10. The summed E-state index contributed by atoms with van der Waals surface area (Å²) in [5.74, 6) is -0.494. The highest BCUT2D eigenvalue weighted by Gasteiger charge is 2.33. The first-order chi connectivity index (χ1) is 14.1. The Morgan fingerprint density at radius 3 is 2.93 bits per heavy atom. The largest absolute Gasteiger partial charge is 0.458 e. The Morgan fingerprint density at radius 1 is 1.38 bits per heavy atom. The van der Waals surface area contributed by atoms with Crippen LogP contribution in [0.1, 0.15) is 23.4 Å². The summed E-state index contributed by atoms with van der Waals surface area (Å²) in [6, 6.07) is 6.93.